The van der Waals surface area contributed by atoms with Crippen molar-refractivity contribution in [3.05, 3.63) is 24.3 Å². The average molecular weight is 927 g/mol. The molecule has 0 aliphatic rings. The minimum Gasteiger partial charge on any atom is -0.481 e. The number of aliphatic carboxylic acids is 3. The van der Waals surface area contributed by atoms with E-state index in [1.54, 1.807) is 0 Å². The lowest BCUT2D eigenvalue weighted by Crippen LogP contribution is -2.32. The van der Waals surface area contributed by atoms with Crippen molar-refractivity contribution in [3.8, 4) is 0 Å². The van der Waals surface area contributed by atoms with Crippen molar-refractivity contribution in [1.82, 2.24) is 0 Å². The van der Waals surface area contributed by atoms with Gasteiger partial charge in [0.15, 0.2) is 0 Å². The number of unbranched alkanes of at least 4 members (excludes halogenated alkanes) is 32. The van der Waals surface area contributed by atoms with Gasteiger partial charge in [-0.1, -0.05) is 219 Å². The number of carbonyl (C=O) groups is 3. The fraction of sp³-hybridized carbons (Fsp3) is 0.875. The Morgan fingerprint density at radius 1 is 0.308 bits per heavy atom. The van der Waals surface area contributed by atoms with Crippen LogP contribution in [0.25, 0.3) is 0 Å². The quantitative estimate of drug-likeness (QED) is 0.0257. The van der Waals surface area contributed by atoms with Crippen LogP contribution in [0.3, 0.4) is 0 Å². The van der Waals surface area contributed by atoms with Crippen molar-refractivity contribution < 1.29 is 45.0 Å². The third kappa shape index (κ3) is 68.5. The standard InChI is InChI=1S/2C18H34O2.C14H28O2.C6H14O3/c2*1-2-3-4-5-6-7-8-9-10-11-12-13-14-15-16-17-18(19)20;1-2-3-4-5-6-7-8-9-10-11-12-13-14(15)16;1-2-6(3-7,4-8)5-9/h2*9-10H,2-8,11-17H2,1H3,(H,19,20);2-13H2,1H3,(H,15,16);7-9H,2-5H2,1H3/b2*10-9-;;. The molecule has 0 heterocycles. The summed E-state index contributed by atoms with van der Waals surface area (Å²) in [6, 6.07) is 0. The summed E-state index contributed by atoms with van der Waals surface area (Å²) < 4.78 is 0. The molecule has 65 heavy (non-hydrogen) atoms. The highest BCUT2D eigenvalue weighted by Crippen LogP contribution is 2.18. The van der Waals surface area contributed by atoms with Gasteiger partial charge in [-0.15, -0.1) is 0 Å². The van der Waals surface area contributed by atoms with Crippen molar-refractivity contribution in [2.45, 2.75) is 291 Å². The minimum atomic E-state index is -0.667. The molecule has 0 fully saturated rings. The van der Waals surface area contributed by atoms with Crippen LogP contribution in [0.4, 0.5) is 0 Å². The van der Waals surface area contributed by atoms with Crippen LogP contribution in [0.1, 0.15) is 291 Å². The van der Waals surface area contributed by atoms with E-state index in [-0.39, 0.29) is 19.8 Å². The van der Waals surface area contributed by atoms with Crippen LogP contribution in [-0.2, 0) is 14.4 Å². The smallest absolute Gasteiger partial charge is 0.303 e. The third-order valence-corrected chi connectivity index (χ3v) is 12.1. The summed E-state index contributed by atoms with van der Waals surface area (Å²) in [5.74, 6) is -1.99. The van der Waals surface area contributed by atoms with E-state index < -0.39 is 23.3 Å². The van der Waals surface area contributed by atoms with Crippen molar-refractivity contribution in [3.63, 3.8) is 0 Å². The summed E-state index contributed by atoms with van der Waals surface area (Å²) in [7, 11) is 0. The van der Waals surface area contributed by atoms with Crippen LogP contribution in [-0.4, -0.2) is 68.4 Å². The van der Waals surface area contributed by atoms with Gasteiger partial charge in [-0.3, -0.25) is 14.4 Å². The molecule has 0 saturated heterocycles. The molecular formula is C56H110O9. The maximum Gasteiger partial charge on any atom is 0.303 e. The summed E-state index contributed by atoms with van der Waals surface area (Å²) in [6.45, 7) is 8.12. The van der Waals surface area contributed by atoms with Crippen molar-refractivity contribution >= 4 is 17.9 Å². The number of rotatable bonds is 46. The van der Waals surface area contributed by atoms with E-state index in [1.807, 2.05) is 6.92 Å². The van der Waals surface area contributed by atoms with E-state index in [2.05, 4.69) is 45.1 Å². The normalized spacial score (nSPS) is 11.2. The number of hydrogen-bond donors (Lipinski definition) is 6. The molecule has 9 heteroatoms. The maximum atomic E-state index is 10.3. The molecule has 0 unspecified atom stereocenters. The maximum absolute atomic E-state index is 10.3. The van der Waals surface area contributed by atoms with Crippen LogP contribution in [0.5, 0.6) is 0 Å². The number of allylic oxidation sites excluding steroid dienone is 4. The van der Waals surface area contributed by atoms with Gasteiger partial charge >= 0.3 is 17.9 Å². The Bertz CT molecular complexity index is 925. The number of carboxylic acids is 3. The van der Waals surface area contributed by atoms with E-state index in [0.717, 1.165) is 38.5 Å². The van der Waals surface area contributed by atoms with Gasteiger partial charge in [0.2, 0.25) is 0 Å². The molecule has 0 aliphatic carbocycles. The highest BCUT2D eigenvalue weighted by Gasteiger charge is 2.24. The summed E-state index contributed by atoms with van der Waals surface area (Å²) in [5, 5.41) is 51.4. The molecule has 0 bridgehead atoms. The number of carboxylic acid groups (broad SMARTS) is 3. The minimum absolute atomic E-state index is 0.156. The van der Waals surface area contributed by atoms with E-state index >= 15 is 0 Å². The van der Waals surface area contributed by atoms with Crippen molar-refractivity contribution in [2.75, 3.05) is 19.8 Å². The molecule has 388 valence electrons. The molecule has 6 N–H and O–H groups in total. The van der Waals surface area contributed by atoms with E-state index in [1.165, 1.54) is 199 Å². The molecule has 0 radical (unpaired) electrons. The van der Waals surface area contributed by atoms with Crippen LogP contribution in [0, 0.1) is 5.41 Å². The van der Waals surface area contributed by atoms with E-state index in [0.29, 0.717) is 25.7 Å². The highest BCUT2D eigenvalue weighted by molar-refractivity contribution is 5.67. The Morgan fingerprint density at radius 2 is 0.492 bits per heavy atom. The molecule has 0 aromatic carbocycles. The van der Waals surface area contributed by atoms with Gasteiger partial charge in [0.1, 0.15) is 0 Å². The van der Waals surface area contributed by atoms with Crippen molar-refractivity contribution in [2.24, 2.45) is 5.41 Å². The third-order valence-electron chi connectivity index (χ3n) is 12.1. The molecule has 0 spiro atoms. The zero-order valence-corrected chi connectivity index (χ0v) is 43.3. The fourth-order valence-electron chi connectivity index (χ4n) is 7.12. The van der Waals surface area contributed by atoms with Crippen LogP contribution < -0.4 is 0 Å². The summed E-state index contributed by atoms with van der Waals surface area (Å²) in [4.78, 5) is 30.9. The number of hydrogen-bond acceptors (Lipinski definition) is 6. The lowest BCUT2D eigenvalue weighted by Gasteiger charge is -2.24. The Morgan fingerprint density at radius 3 is 0.646 bits per heavy atom. The first kappa shape index (κ1) is 69.3. The largest absolute Gasteiger partial charge is 0.481 e. The van der Waals surface area contributed by atoms with E-state index in [4.69, 9.17) is 30.6 Å². The lowest BCUT2D eigenvalue weighted by atomic mass is 9.88. The van der Waals surface area contributed by atoms with Crippen LogP contribution >= 0.6 is 0 Å². The molecule has 0 atom stereocenters. The van der Waals surface area contributed by atoms with Crippen molar-refractivity contribution in [1.29, 1.82) is 0 Å². The topological polar surface area (TPSA) is 173 Å². The lowest BCUT2D eigenvalue weighted by molar-refractivity contribution is -0.138. The van der Waals surface area contributed by atoms with Gasteiger partial charge < -0.3 is 30.6 Å². The molecule has 0 aromatic heterocycles. The SMILES string of the molecule is CCC(CO)(CO)CO.CCCCCCCC/C=C\CCCCCCCC(=O)O.CCCCCCCC/C=C\CCCCCCCC(=O)O.CCCCCCCCCCCCCC(=O)O. The predicted molar refractivity (Wildman–Crippen MR) is 277 cm³/mol. The first-order valence-corrected chi connectivity index (χ1v) is 27.3. The summed E-state index contributed by atoms with van der Waals surface area (Å²) in [6.07, 6.45) is 57.4. The van der Waals surface area contributed by atoms with Crippen LogP contribution in [0.2, 0.25) is 0 Å². The Kier molecular flexibility index (Phi) is 65.9. The second-order valence-electron chi connectivity index (χ2n) is 18.5. The average Bonchev–Trinajstić information content (AvgIpc) is 3.29. The van der Waals surface area contributed by atoms with Gasteiger partial charge in [0.05, 0.1) is 19.8 Å². The zero-order valence-electron chi connectivity index (χ0n) is 43.3. The number of aliphatic hydroxyl groups is 3. The second-order valence-corrected chi connectivity index (χ2v) is 18.5. The Hall–Kier alpha value is -2.23. The fourth-order valence-corrected chi connectivity index (χ4v) is 7.12. The zero-order chi connectivity index (χ0) is 49.2. The molecule has 0 saturated carbocycles. The first-order valence-electron chi connectivity index (χ1n) is 27.3. The van der Waals surface area contributed by atoms with Gasteiger partial charge in [0, 0.05) is 24.7 Å². The highest BCUT2D eigenvalue weighted by atomic mass is 16.4. The second kappa shape index (κ2) is 61.8. The summed E-state index contributed by atoms with van der Waals surface area (Å²) >= 11 is 0. The van der Waals surface area contributed by atoms with Gasteiger partial charge in [-0.2, -0.15) is 0 Å². The predicted octanol–water partition coefficient (Wildman–Crippen LogP) is 16.3. The molecular weight excluding hydrogens is 817 g/mol. The molecule has 9 nitrogen and oxygen atoms in total. The first-order chi connectivity index (χ1) is 31.6. The monoisotopic (exact) mass is 927 g/mol. The molecule has 0 aliphatic heterocycles. The molecule has 0 amide bonds. The Balaban J connectivity index is -0.000000394. The van der Waals surface area contributed by atoms with Gasteiger partial charge in [-0.25, -0.2) is 0 Å². The van der Waals surface area contributed by atoms with Gasteiger partial charge in [-0.05, 0) is 77.0 Å². The van der Waals surface area contributed by atoms with Crippen LogP contribution in [0.15, 0.2) is 24.3 Å². The molecule has 0 aromatic rings. The van der Waals surface area contributed by atoms with E-state index in [9.17, 15) is 14.4 Å². The number of aliphatic hydroxyl groups excluding tert-OH is 3. The molecule has 0 rings (SSSR count). The Labute approximate surface area is 402 Å². The van der Waals surface area contributed by atoms with Gasteiger partial charge in [0.25, 0.3) is 0 Å². The summed E-state index contributed by atoms with van der Waals surface area (Å²) in [5.41, 5.74) is -0.667.